The second-order valence-corrected chi connectivity index (χ2v) is 7.83. The Hall–Kier alpha value is -1.93. The summed E-state index contributed by atoms with van der Waals surface area (Å²) in [5.41, 5.74) is 1.69. The summed E-state index contributed by atoms with van der Waals surface area (Å²) >= 11 is 0. The van der Waals surface area contributed by atoms with E-state index < -0.39 is 16.0 Å². The van der Waals surface area contributed by atoms with Crippen molar-refractivity contribution in [3.8, 4) is 0 Å². The summed E-state index contributed by atoms with van der Waals surface area (Å²) in [4.78, 5) is 24.1. The summed E-state index contributed by atoms with van der Waals surface area (Å²) < 4.78 is 26.9. The molecule has 0 aliphatic carbocycles. The van der Waals surface area contributed by atoms with Crippen LogP contribution in [0.5, 0.6) is 0 Å². The minimum Gasteiger partial charge on any atom is -0.550 e. The minimum absolute atomic E-state index is 0.119. The molecule has 1 aliphatic heterocycles. The second-order valence-electron chi connectivity index (χ2n) is 5.93. The first-order chi connectivity index (χ1) is 11.2. The fraction of sp³-hybridized carbons (Fsp3) is 0.500. The molecule has 7 nitrogen and oxygen atoms in total. The lowest BCUT2D eigenvalue weighted by atomic mass is 10.2. The summed E-state index contributed by atoms with van der Waals surface area (Å²) in [5, 5.41) is 10.4. The van der Waals surface area contributed by atoms with Gasteiger partial charge in [-0.05, 0) is 31.9 Å². The van der Waals surface area contributed by atoms with Crippen molar-refractivity contribution in [2.24, 2.45) is 0 Å². The summed E-state index contributed by atoms with van der Waals surface area (Å²) in [7, 11) is -3.59. The molecule has 1 aromatic rings. The van der Waals surface area contributed by atoms with Crippen LogP contribution in [0.3, 0.4) is 0 Å². The van der Waals surface area contributed by atoms with Crippen LogP contribution in [0.2, 0.25) is 0 Å². The maximum absolute atomic E-state index is 12.7. The Bertz CT molecular complexity index is 737. The molecule has 1 amide bonds. The highest BCUT2D eigenvalue weighted by molar-refractivity contribution is 7.89. The molecule has 1 heterocycles. The molecule has 0 aromatic heterocycles. The van der Waals surface area contributed by atoms with Crippen LogP contribution in [0.4, 0.5) is 0 Å². The Morgan fingerprint density at radius 1 is 1.08 bits per heavy atom. The van der Waals surface area contributed by atoms with Gasteiger partial charge in [0.25, 0.3) is 0 Å². The number of carbonyl (C=O) groups excluding carboxylic acids is 2. The number of benzene rings is 1. The van der Waals surface area contributed by atoms with E-state index in [1.165, 1.54) is 9.21 Å². The molecule has 0 radical (unpaired) electrons. The molecule has 1 aliphatic rings. The number of nitrogens with zero attached hydrogens (tertiary/aromatic N) is 2. The highest BCUT2D eigenvalue weighted by Gasteiger charge is 2.30. The first-order valence-corrected chi connectivity index (χ1v) is 9.21. The van der Waals surface area contributed by atoms with Gasteiger partial charge in [0.15, 0.2) is 0 Å². The summed E-state index contributed by atoms with van der Waals surface area (Å²) in [5.74, 6) is -1.55. The van der Waals surface area contributed by atoms with Crippen LogP contribution in [0, 0.1) is 13.8 Å². The van der Waals surface area contributed by atoms with Gasteiger partial charge >= 0.3 is 0 Å². The number of carboxylic acids is 1. The van der Waals surface area contributed by atoms with E-state index in [2.05, 4.69) is 0 Å². The predicted molar refractivity (Wildman–Crippen MR) is 85.5 cm³/mol. The number of amides is 1. The lowest BCUT2D eigenvalue weighted by Crippen LogP contribution is -2.50. The molecule has 8 heteroatoms. The van der Waals surface area contributed by atoms with Crippen LogP contribution in [0.25, 0.3) is 0 Å². The Kier molecular flexibility index (Phi) is 5.61. The molecule has 1 fully saturated rings. The zero-order chi connectivity index (χ0) is 17.9. The topological polar surface area (TPSA) is 97.8 Å². The Morgan fingerprint density at radius 3 is 2.25 bits per heavy atom. The SMILES string of the molecule is Cc1ccc(S(=O)(=O)N2CCN(C(=O)CCC(=O)[O-])CC2)c(C)c1. The molecule has 0 saturated carbocycles. The maximum atomic E-state index is 12.7. The zero-order valence-electron chi connectivity index (χ0n) is 13.8. The number of carboxylic acid groups (broad SMARTS) is 1. The van der Waals surface area contributed by atoms with E-state index >= 15 is 0 Å². The number of aliphatic carboxylic acids is 1. The fourth-order valence-electron chi connectivity index (χ4n) is 2.77. The van der Waals surface area contributed by atoms with Crippen molar-refractivity contribution >= 4 is 21.9 Å². The molecule has 0 unspecified atom stereocenters. The number of carbonyl (C=O) groups is 2. The van der Waals surface area contributed by atoms with E-state index in [4.69, 9.17) is 0 Å². The number of piperazine rings is 1. The van der Waals surface area contributed by atoms with E-state index in [0.29, 0.717) is 5.56 Å². The van der Waals surface area contributed by atoms with Gasteiger partial charge in [-0.1, -0.05) is 17.7 Å². The zero-order valence-corrected chi connectivity index (χ0v) is 14.6. The first kappa shape index (κ1) is 18.4. The van der Waals surface area contributed by atoms with Gasteiger partial charge in [0.1, 0.15) is 0 Å². The van der Waals surface area contributed by atoms with Crippen LogP contribution in [-0.4, -0.2) is 55.7 Å². The monoisotopic (exact) mass is 353 g/mol. The maximum Gasteiger partial charge on any atom is 0.243 e. The van der Waals surface area contributed by atoms with E-state index in [1.54, 1.807) is 19.1 Å². The molecule has 1 aromatic carbocycles. The smallest absolute Gasteiger partial charge is 0.243 e. The molecule has 132 valence electrons. The number of aryl methyl sites for hydroxylation is 2. The Labute approximate surface area is 141 Å². The van der Waals surface area contributed by atoms with Gasteiger partial charge in [-0.2, -0.15) is 4.31 Å². The van der Waals surface area contributed by atoms with Gasteiger partial charge in [0, 0.05) is 38.6 Å². The van der Waals surface area contributed by atoms with Crippen molar-refractivity contribution in [1.82, 2.24) is 9.21 Å². The fourth-order valence-corrected chi connectivity index (χ4v) is 4.40. The quantitative estimate of drug-likeness (QED) is 0.722. The van der Waals surface area contributed by atoms with E-state index in [9.17, 15) is 23.1 Å². The normalized spacial score (nSPS) is 16.2. The molecule has 0 N–H and O–H groups in total. The van der Waals surface area contributed by atoms with Gasteiger partial charge in [-0.15, -0.1) is 0 Å². The van der Waals surface area contributed by atoms with E-state index in [-0.39, 0.29) is 49.8 Å². The largest absolute Gasteiger partial charge is 0.550 e. The van der Waals surface area contributed by atoms with Crippen molar-refractivity contribution < 1.29 is 23.1 Å². The van der Waals surface area contributed by atoms with Gasteiger partial charge in [-0.25, -0.2) is 8.42 Å². The van der Waals surface area contributed by atoms with Gasteiger partial charge < -0.3 is 14.8 Å². The van der Waals surface area contributed by atoms with Crippen LogP contribution in [0.15, 0.2) is 23.1 Å². The van der Waals surface area contributed by atoms with Crippen molar-refractivity contribution in [3.63, 3.8) is 0 Å². The van der Waals surface area contributed by atoms with Crippen LogP contribution in [0.1, 0.15) is 24.0 Å². The third kappa shape index (κ3) is 4.12. The molecular weight excluding hydrogens is 332 g/mol. The Balaban J connectivity index is 2.03. The molecule has 0 bridgehead atoms. The van der Waals surface area contributed by atoms with Crippen molar-refractivity contribution in [1.29, 1.82) is 0 Å². The Morgan fingerprint density at radius 2 is 1.71 bits per heavy atom. The van der Waals surface area contributed by atoms with Crippen molar-refractivity contribution in [2.75, 3.05) is 26.2 Å². The highest BCUT2D eigenvalue weighted by atomic mass is 32.2. The molecule has 0 atom stereocenters. The number of sulfonamides is 1. The average Bonchev–Trinajstić information content (AvgIpc) is 2.52. The first-order valence-electron chi connectivity index (χ1n) is 7.77. The van der Waals surface area contributed by atoms with Gasteiger partial charge in [0.2, 0.25) is 15.9 Å². The van der Waals surface area contributed by atoms with E-state index in [1.807, 2.05) is 13.0 Å². The van der Waals surface area contributed by atoms with Gasteiger partial charge in [0.05, 0.1) is 4.90 Å². The van der Waals surface area contributed by atoms with Crippen LogP contribution in [-0.2, 0) is 19.6 Å². The van der Waals surface area contributed by atoms with Crippen molar-refractivity contribution in [3.05, 3.63) is 29.3 Å². The lowest BCUT2D eigenvalue weighted by Gasteiger charge is -2.34. The third-order valence-electron chi connectivity index (χ3n) is 4.08. The van der Waals surface area contributed by atoms with Crippen molar-refractivity contribution in [2.45, 2.75) is 31.6 Å². The standard InChI is InChI=1S/C16H22N2O5S/c1-12-3-4-14(13(2)11-12)24(22,23)18-9-7-17(8-10-18)15(19)5-6-16(20)21/h3-4,11H,5-10H2,1-2H3,(H,20,21)/p-1. The van der Waals surface area contributed by atoms with Crippen LogP contribution >= 0.6 is 0 Å². The molecular formula is C16H21N2O5S-. The van der Waals surface area contributed by atoms with Crippen LogP contribution < -0.4 is 5.11 Å². The minimum atomic E-state index is -3.59. The predicted octanol–water partition coefficient (Wildman–Crippen LogP) is -0.334. The number of rotatable bonds is 5. The average molecular weight is 353 g/mol. The summed E-state index contributed by atoms with van der Waals surface area (Å²) in [6, 6.07) is 5.20. The number of hydrogen-bond acceptors (Lipinski definition) is 5. The highest BCUT2D eigenvalue weighted by Crippen LogP contribution is 2.22. The lowest BCUT2D eigenvalue weighted by molar-refractivity contribution is -0.305. The molecule has 0 spiro atoms. The van der Waals surface area contributed by atoms with Gasteiger partial charge in [-0.3, -0.25) is 4.79 Å². The summed E-state index contributed by atoms with van der Waals surface area (Å²) in [6.07, 6.45) is -0.438. The number of hydrogen-bond donors (Lipinski definition) is 0. The van der Waals surface area contributed by atoms with E-state index in [0.717, 1.165) is 5.56 Å². The molecule has 2 rings (SSSR count). The molecule has 24 heavy (non-hydrogen) atoms. The summed E-state index contributed by atoms with van der Waals surface area (Å²) in [6.45, 7) is 4.59. The third-order valence-corrected chi connectivity index (χ3v) is 6.14. The second kappa shape index (κ2) is 7.31. The molecule has 1 saturated heterocycles.